The van der Waals surface area contributed by atoms with Gasteiger partial charge in [0.15, 0.2) is 0 Å². The highest BCUT2D eigenvalue weighted by Crippen LogP contribution is 2.35. The van der Waals surface area contributed by atoms with Gasteiger partial charge in [-0.05, 0) is 31.5 Å². The number of hydrogen-bond donors (Lipinski definition) is 2. The molecule has 2 amide bonds. The van der Waals surface area contributed by atoms with Crippen LogP contribution in [0.5, 0.6) is 0 Å². The Hall–Kier alpha value is -2.47. The molecule has 0 fully saturated rings. The zero-order chi connectivity index (χ0) is 16.1. The maximum atomic E-state index is 12.1. The summed E-state index contributed by atoms with van der Waals surface area (Å²) in [7, 11) is 0. The van der Waals surface area contributed by atoms with Crippen molar-refractivity contribution in [1.29, 1.82) is 0 Å². The molecule has 0 unspecified atom stereocenters. The van der Waals surface area contributed by atoms with Crippen LogP contribution in [0.1, 0.15) is 29.8 Å². The van der Waals surface area contributed by atoms with Crippen LogP contribution in [0.15, 0.2) is 24.4 Å². The number of amides is 2. The first-order valence-corrected chi connectivity index (χ1v) is 6.97. The van der Waals surface area contributed by atoms with E-state index < -0.39 is 11.3 Å². The summed E-state index contributed by atoms with van der Waals surface area (Å²) in [5.74, 6) is -0.639. The molecule has 0 atom stereocenters. The van der Waals surface area contributed by atoms with Gasteiger partial charge in [-0.3, -0.25) is 14.9 Å². The molecule has 3 N–H and O–H groups in total. The van der Waals surface area contributed by atoms with Crippen molar-refractivity contribution in [2.75, 3.05) is 5.73 Å². The van der Waals surface area contributed by atoms with Gasteiger partial charge in [-0.2, -0.15) is 0 Å². The molecule has 7 heteroatoms. The molecule has 0 saturated carbocycles. The molecule has 3 rings (SSSR count). The summed E-state index contributed by atoms with van der Waals surface area (Å²) in [5, 5.41) is 2.70. The Balaban J connectivity index is 2.22. The lowest BCUT2D eigenvalue weighted by molar-refractivity contribution is -0.125. The number of aromatic nitrogens is 2. The van der Waals surface area contributed by atoms with Gasteiger partial charge in [0.05, 0.1) is 22.3 Å². The van der Waals surface area contributed by atoms with Crippen LogP contribution in [0.3, 0.4) is 0 Å². The number of anilines is 1. The highest BCUT2D eigenvalue weighted by atomic mass is 35.5. The minimum Gasteiger partial charge on any atom is -0.368 e. The van der Waals surface area contributed by atoms with Gasteiger partial charge in [0.25, 0.3) is 5.91 Å². The van der Waals surface area contributed by atoms with Crippen molar-refractivity contribution in [1.82, 2.24) is 15.3 Å². The first-order valence-electron chi connectivity index (χ1n) is 6.59. The first kappa shape index (κ1) is 14.5. The van der Waals surface area contributed by atoms with Gasteiger partial charge in [0.1, 0.15) is 0 Å². The van der Waals surface area contributed by atoms with Crippen LogP contribution in [0.25, 0.3) is 11.3 Å². The van der Waals surface area contributed by atoms with Gasteiger partial charge in [-0.25, -0.2) is 9.97 Å². The third kappa shape index (κ3) is 2.12. The summed E-state index contributed by atoms with van der Waals surface area (Å²) in [6.07, 6.45) is 1.42. The standard InChI is InChI=1S/C15H13ClN4O2/c1-15(2)9-5-7(11-10(16)6-18-14(17)19-11)3-4-8(9)12(21)20-13(15)22/h3-6H,1-2H3,(H2,17,18,19)(H,20,21,22). The number of halogens is 1. The molecule has 1 aromatic heterocycles. The lowest BCUT2D eigenvalue weighted by Gasteiger charge is -2.30. The van der Waals surface area contributed by atoms with Crippen molar-refractivity contribution in [2.45, 2.75) is 19.3 Å². The second-order valence-electron chi connectivity index (χ2n) is 5.59. The highest BCUT2D eigenvalue weighted by molar-refractivity contribution is 6.33. The monoisotopic (exact) mass is 316 g/mol. The topological polar surface area (TPSA) is 98.0 Å². The van der Waals surface area contributed by atoms with Crippen LogP contribution in [0.4, 0.5) is 5.95 Å². The largest absolute Gasteiger partial charge is 0.368 e. The Morgan fingerprint density at radius 3 is 2.73 bits per heavy atom. The van der Waals surface area contributed by atoms with Gasteiger partial charge >= 0.3 is 0 Å². The first-order chi connectivity index (χ1) is 10.3. The number of carbonyl (C=O) groups excluding carboxylic acids is 2. The number of benzene rings is 1. The highest BCUT2D eigenvalue weighted by Gasteiger charge is 2.39. The zero-order valence-corrected chi connectivity index (χ0v) is 12.7. The summed E-state index contributed by atoms with van der Waals surface area (Å²) in [4.78, 5) is 32.0. The second kappa shape index (κ2) is 4.78. The van der Waals surface area contributed by atoms with Gasteiger partial charge in [0, 0.05) is 11.1 Å². The molecular formula is C15H13ClN4O2. The molecule has 112 valence electrons. The van der Waals surface area contributed by atoms with E-state index in [0.717, 1.165) is 0 Å². The molecule has 2 heterocycles. The van der Waals surface area contributed by atoms with E-state index in [1.54, 1.807) is 32.0 Å². The average molecular weight is 317 g/mol. The van der Waals surface area contributed by atoms with Crippen LogP contribution in [0.2, 0.25) is 5.02 Å². The van der Waals surface area contributed by atoms with Gasteiger partial charge in [-0.15, -0.1) is 0 Å². The van der Waals surface area contributed by atoms with E-state index in [1.165, 1.54) is 6.20 Å². The molecule has 0 radical (unpaired) electrons. The van der Waals surface area contributed by atoms with Crippen molar-refractivity contribution >= 4 is 29.4 Å². The van der Waals surface area contributed by atoms with E-state index in [2.05, 4.69) is 15.3 Å². The third-order valence-corrected chi connectivity index (χ3v) is 4.05. The van der Waals surface area contributed by atoms with Crippen molar-refractivity contribution in [3.8, 4) is 11.3 Å². The summed E-state index contributed by atoms with van der Waals surface area (Å²) < 4.78 is 0. The van der Waals surface area contributed by atoms with E-state index >= 15 is 0 Å². The van der Waals surface area contributed by atoms with E-state index in [0.29, 0.717) is 27.4 Å². The van der Waals surface area contributed by atoms with Crippen molar-refractivity contribution in [2.24, 2.45) is 0 Å². The number of rotatable bonds is 1. The van der Waals surface area contributed by atoms with Crippen LogP contribution >= 0.6 is 11.6 Å². The smallest absolute Gasteiger partial charge is 0.258 e. The maximum absolute atomic E-state index is 12.1. The van der Waals surface area contributed by atoms with Gasteiger partial charge in [-0.1, -0.05) is 17.7 Å². The quantitative estimate of drug-likeness (QED) is 0.783. The van der Waals surface area contributed by atoms with Crippen LogP contribution in [-0.4, -0.2) is 21.8 Å². The summed E-state index contributed by atoms with van der Waals surface area (Å²) in [6, 6.07) is 5.13. The molecule has 0 aliphatic carbocycles. The Bertz CT molecular complexity index is 817. The number of carbonyl (C=O) groups is 2. The molecule has 0 spiro atoms. The Morgan fingerprint density at radius 2 is 2.00 bits per heavy atom. The fraction of sp³-hybridized carbons (Fsp3) is 0.200. The summed E-state index contributed by atoms with van der Waals surface area (Å²) in [5.41, 5.74) is 7.01. The predicted molar refractivity (Wildman–Crippen MR) is 82.4 cm³/mol. The van der Waals surface area contributed by atoms with Gasteiger partial charge < -0.3 is 5.73 Å². The Morgan fingerprint density at radius 1 is 1.27 bits per heavy atom. The molecule has 0 bridgehead atoms. The molecule has 22 heavy (non-hydrogen) atoms. The second-order valence-corrected chi connectivity index (χ2v) is 6.00. The van der Waals surface area contributed by atoms with Crippen molar-refractivity contribution in [3.05, 3.63) is 40.5 Å². The van der Waals surface area contributed by atoms with E-state index in [1.807, 2.05) is 0 Å². The normalized spacial score (nSPS) is 16.1. The number of nitrogens with zero attached hydrogens (tertiary/aromatic N) is 2. The number of nitrogens with two attached hydrogens (primary N) is 1. The van der Waals surface area contributed by atoms with Crippen molar-refractivity contribution in [3.63, 3.8) is 0 Å². The summed E-state index contributed by atoms with van der Waals surface area (Å²) >= 11 is 6.12. The minimum atomic E-state index is -0.829. The van der Waals surface area contributed by atoms with Gasteiger partial charge in [0.2, 0.25) is 11.9 Å². The fourth-order valence-electron chi connectivity index (χ4n) is 2.44. The van der Waals surface area contributed by atoms with Crippen LogP contribution in [-0.2, 0) is 10.2 Å². The molecule has 0 saturated heterocycles. The van der Waals surface area contributed by atoms with E-state index in [9.17, 15) is 9.59 Å². The zero-order valence-electron chi connectivity index (χ0n) is 12.0. The molecule has 6 nitrogen and oxygen atoms in total. The molecule has 2 aromatic rings. The maximum Gasteiger partial charge on any atom is 0.258 e. The molecule has 1 aliphatic rings. The van der Waals surface area contributed by atoms with E-state index in [4.69, 9.17) is 17.3 Å². The summed E-state index contributed by atoms with van der Waals surface area (Å²) in [6.45, 7) is 3.51. The lowest BCUT2D eigenvalue weighted by atomic mass is 9.77. The van der Waals surface area contributed by atoms with Crippen LogP contribution < -0.4 is 11.1 Å². The fourth-order valence-corrected chi connectivity index (χ4v) is 2.64. The molecule has 1 aromatic carbocycles. The Labute approximate surface area is 131 Å². The third-order valence-electron chi connectivity index (χ3n) is 3.77. The predicted octanol–water partition coefficient (Wildman–Crippen LogP) is 1.93. The molecule has 1 aliphatic heterocycles. The Kier molecular flexibility index (Phi) is 3.14. The average Bonchev–Trinajstić information content (AvgIpc) is 2.47. The number of hydrogen-bond acceptors (Lipinski definition) is 5. The van der Waals surface area contributed by atoms with Crippen LogP contribution in [0, 0.1) is 0 Å². The minimum absolute atomic E-state index is 0.102. The lowest BCUT2D eigenvalue weighted by Crippen LogP contribution is -2.48. The number of imide groups is 1. The number of fused-ring (bicyclic) bond motifs is 1. The van der Waals surface area contributed by atoms with Crippen molar-refractivity contribution < 1.29 is 9.59 Å². The number of nitrogen functional groups attached to an aromatic ring is 1. The number of nitrogens with one attached hydrogen (secondary N) is 1. The molecular weight excluding hydrogens is 304 g/mol. The SMILES string of the molecule is CC1(C)C(=O)NC(=O)c2ccc(-c3nc(N)ncc3Cl)cc21. The van der Waals surface area contributed by atoms with E-state index in [-0.39, 0.29) is 11.9 Å².